The van der Waals surface area contributed by atoms with Crippen LogP contribution in [0.1, 0.15) is 25.3 Å². The summed E-state index contributed by atoms with van der Waals surface area (Å²) < 4.78 is 1.07. The van der Waals surface area contributed by atoms with Crippen LogP contribution >= 0.6 is 0 Å². The lowest BCUT2D eigenvalue weighted by atomic mass is 10.2. The van der Waals surface area contributed by atoms with Crippen molar-refractivity contribution in [1.82, 2.24) is 4.90 Å². The second kappa shape index (κ2) is 7.55. The van der Waals surface area contributed by atoms with Crippen LogP contribution in [0.4, 0.5) is 0 Å². The molecular formula is C16H29N2+. The fraction of sp³-hybridized carbons (Fsp3) is 0.625. The van der Waals surface area contributed by atoms with E-state index in [1.807, 2.05) is 0 Å². The zero-order valence-electron chi connectivity index (χ0n) is 12.5. The van der Waals surface area contributed by atoms with Crippen LogP contribution < -0.4 is 0 Å². The highest BCUT2D eigenvalue weighted by atomic mass is 15.3. The average molecular weight is 249 g/mol. The first-order chi connectivity index (χ1) is 8.53. The fourth-order valence-electron chi connectivity index (χ4n) is 2.42. The van der Waals surface area contributed by atoms with Gasteiger partial charge in [-0.15, -0.1) is 0 Å². The number of quaternary nitrogens is 1. The summed E-state index contributed by atoms with van der Waals surface area (Å²) in [5, 5.41) is 0. The van der Waals surface area contributed by atoms with Gasteiger partial charge in [0.1, 0.15) is 6.54 Å². The monoisotopic (exact) mass is 249 g/mol. The summed E-state index contributed by atoms with van der Waals surface area (Å²) in [4.78, 5) is 2.43. The largest absolute Gasteiger partial charge is 0.325 e. The molecule has 0 amide bonds. The SMILES string of the molecule is CCCN(C)CCC[N+](C)(C)Cc1ccccc1. The number of rotatable bonds is 8. The van der Waals surface area contributed by atoms with E-state index in [4.69, 9.17) is 0 Å². The Hall–Kier alpha value is -0.860. The molecule has 0 aliphatic rings. The molecular weight excluding hydrogens is 220 g/mol. The Morgan fingerprint density at radius 2 is 1.72 bits per heavy atom. The normalized spacial score (nSPS) is 12.1. The summed E-state index contributed by atoms with van der Waals surface area (Å²) in [5.74, 6) is 0. The topological polar surface area (TPSA) is 3.24 Å². The highest BCUT2D eigenvalue weighted by Gasteiger charge is 2.15. The Labute approximate surface area is 113 Å². The summed E-state index contributed by atoms with van der Waals surface area (Å²) in [6, 6.07) is 10.8. The molecule has 102 valence electrons. The van der Waals surface area contributed by atoms with Crippen LogP contribution in [-0.2, 0) is 6.54 Å². The first-order valence-corrected chi connectivity index (χ1v) is 7.08. The molecule has 0 bridgehead atoms. The first kappa shape index (κ1) is 15.2. The molecule has 0 aliphatic heterocycles. The van der Waals surface area contributed by atoms with E-state index in [0.29, 0.717) is 0 Å². The predicted octanol–water partition coefficient (Wildman–Crippen LogP) is 2.99. The van der Waals surface area contributed by atoms with Crippen molar-refractivity contribution in [3.63, 3.8) is 0 Å². The van der Waals surface area contributed by atoms with Crippen LogP contribution in [0.25, 0.3) is 0 Å². The number of nitrogens with zero attached hydrogens (tertiary/aromatic N) is 2. The zero-order chi connectivity index (χ0) is 13.4. The van der Waals surface area contributed by atoms with Gasteiger partial charge in [0, 0.05) is 18.5 Å². The molecule has 0 saturated carbocycles. The van der Waals surface area contributed by atoms with E-state index in [1.165, 1.54) is 38.0 Å². The Balaban J connectivity index is 2.31. The smallest absolute Gasteiger partial charge is 0.104 e. The van der Waals surface area contributed by atoms with Crippen LogP contribution in [-0.4, -0.2) is 50.2 Å². The molecule has 0 atom stereocenters. The summed E-state index contributed by atoms with van der Waals surface area (Å²) in [7, 11) is 6.88. The summed E-state index contributed by atoms with van der Waals surface area (Å²) >= 11 is 0. The molecule has 0 radical (unpaired) electrons. The van der Waals surface area contributed by atoms with Crippen LogP contribution in [0, 0.1) is 0 Å². The molecule has 0 N–H and O–H groups in total. The van der Waals surface area contributed by atoms with Gasteiger partial charge in [-0.2, -0.15) is 0 Å². The van der Waals surface area contributed by atoms with Gasteiger partial charge >= 0.3 is 0 Å². The molecule has 0 saturated heterocycles. The van der Waals surface area contributed by atoms with Gasteiger partial charge in [0.25, 0.3) is 0 Å². The average Bonchev–Trinajstić information content (AvgIpc) is 2.29. The fourth-order valence-corrected chi connectivity index (χ4v) is 2.42. The second-order valence-electron chi connectivity index (χ2n) is 5.96. The van der Waals surface area contributed by atoms with E-state index < -0.39 is 0 Å². The Morgan fingerprint density at radius 1 is 1.06 bits per heavy atom. The van der Waals surface area contributed by atoms with Crippen molar-refractivity contribution >= 4 is 0 Å². The Bertz CT molecular complexity index is 319. The number of hydrogen-bond acceptors (Lipinski definition) is 1. The van der Waals surface area contributed by atoms with Crippen molar-refractivity contribution in [1.29, 1.82) is 0 Å². The van der Waals surface area contributed by atoms with Crippen molar-refractivity contribution in [2.24, 2.45) is 0 Å². The molecule has 18 heavy (non-hydrogen) atoms. The molecule has 0 fully saturated rings. The lowest BCUT2D eigenvalue weighted by Gasteiger charge is -2.30. The molecule has 1 aromatic carbocycles. The quantitative estimate of drug-likeness (QED) is 0.640. The van der Waals surface area contributed by atoms with Gasteiger partial charge in [0.2, 0.25) is 0 Å². The summed E-state index contributed by atoms with van der Waals surface area (Å²) in [6.07, 6.45) is 2.52. The highest BCUT2D eigenvalue weighted by molar-refractivity contribution is 5.13. The van der Waals surface area contributed by atoms with Gasteiger partial charge in [-0.25, -0.2) is 0 Å². The minimum Gasteiger partial charge on any atom is -0.325 e. The van der Waals surface area contributed by atoms with Gasteiger partial charge in [-0.1, -0.05) is 37.3 Å². The molecule has 1 aromatic rings. The first-order valence-electron chi connectivity index (χ1n) is 7.08. The lowest BCUT2D eigenvalue weighted by molar-refractivity contribution is -0.903. The predicted molar refractivity (Wildman–Crippen MR) is 79.5 cm³/mol. The van der Waals surface area contributed by atoms with Crippen molar-refractivity contribution < 1.29 is 4.48 Å². The number of hydrogen-bond donors (Lipinski definition) is 0. The third kappa shape index (κ3) is 6.18. The van der Waals surface area contributed by atoms with Crippen LogP contribution in [0.3, 0.4) is 0 Å². The molecule has 0 spiro atoms. The second-order valence-corrected chi connectivity index (χ2v) is 5.96. The van der Waals surface area contributed by atoms with Crippen molar-refractivity contribution in [3.05, 3.63) is 35.9 Å². The van der Waals surface area contributed by atoms with E-state index in [0.717, 1.165) is 11.0 Å². The maximum Gasteiger partial charge on any atom is 0.104 e. The molecule has 2 heteroatoms. The van der Waals surface area contributed by atoms with Crippen LogP contribution in [0.5, 0.6) is 0 Å². The van der Waals surface area contributed by atoms with Gasteiger partial charge < -0.3 is 9.38 Å². The third-order valence-electron chi connectivity index (χ3n) is 3.36. The van der Waals surface area contributed by atoms with Gasteiger partial charge in [0.05, 0.1) is 20.6 Å². The van der Waals surface area contributed by atoms with Crippen molar-refractivity contribution in [2.45, 2.75) is 26.3 Å². The van der Waals surface area contributed by atoms with E-state index in [2.05, 4.69) is 63.3 Å². The molecule has 0 unspecified atom stereocenters. The van der Waals surface area contributed by atoms with Gasteiger partial charge in [-0.05, 0) is 20.0 Å². The maximum absolute atomic E-state index is 2.43. The lowest BCUT2D eigenvalue weighted by Crippen LogP contribution is -2.40. The minimum atomic E-state index is 1.07. The molecule has 0 aliphatic carbocycles. The van der Waals surface area contributed by atoms with E-state index >= 15 is 0 Å². The van der Waals surface area contributed by atoms with Gasteiger partial charge in [0.15, 0.2) is 0 Å². The minimum absolute atomic E-state index is 1.07. The summed E-state index contributed by atoms with van der Waals surface area (Å²) in [6.45, 7) is 7.03. The number of benzene rings is 1. The van der Waals surface area contributed by atoms with Crippen LogP contribution in [0.2, 0.25) is 0 Å². The van der Waals surface area contributed by atoms with E-state index in [1.54, 1.807) is 0 Å². The Kier molecular flexibility index (Phi) is 6.37. The summed E-state index contributed by atoms with van der Waals surface area (Å²) in [5.41, 5.74) is 1.43. The zero-order valence-corrected chi connectivity index (χ0v) is 12.5. The standard InChI is InChI=1S/C16H29N2/c1-5-12-17(2)13-9-14-18(3,4)15-16-10-7-6-8-11-16/h6-8,10-11H,5,9,12-15H2,1-4H3/q+1. The maximum atomic E-state index is 2.43. The third-order valence-corrected chi connectivity index (χ3v) is 3.36. The molecule has 0 heterocycles. The van der Waals surface area contributed by atoms with Gasteiger partial charge in [-0.3, -0.25) is 0 Å². The van der Waals surface area contributed by atoms with Crippen LogP contribution in [0.15, 0.2) is 30.3 Å². The van der Waals surface area contributed by atoms with Crippen molar-refractivity contribution in [3.8, 4) is 0 Å². The molecule has 0 aromatic heterocycles. The van der Waals surface area contributed by atoms with Crippen molar-refractivity contribution in [2.75, 3.05) is 40.8 Å². The van der Waals surface area contributed by atoms with E-state index in [9.17, 15) is 0 Å². The highest BCUT2D eigenvalue weighted by Crippen LogP contribution is 2.09. The Morgan fingerprint density at radius 3 is 2.33 bits per heavy atom. The molecule has 1 rings (SSSR count). The van der Waals surface area contributed by atoms with E-state index in [-0.39, 0.29) is 0 Å². The molecule has 2 nitrogen and oxygen atoms in total.